The molecule has 1 heterocycles. The maximum atomic E-state index is 11.1. The lowest BCUT2D eigenvalue weighted by molar-refractivity contribution is 0.504. The van der Waals surface area contributed by atoms with Crippen LogP contribution in [0.1, 0.15) is 0 Å². The Hall–Kier alpha value is -1.48. The molecule has 0 radical (unpaired) electrons. The number of hydrogen-bond acceptors (Lipinski definition) is 2. The van der Waals surface area contributed by atoms with Crippen LogP contribution in [0.3, 0.4) is 0 Å². The second kappa shape index (κ2) is 3.11. The van der Waals surface area contributed by atoms with Gasteiger partial charge in [0.2, 0.25) is 0 Å². The van der Waals surface area contributed by atoms with Crippen molar-refractivity contribution >= 4 is 11.6 Å². The van der Waals surface area contributed by atoms with Crippen LogP contribution in [-0.2, 0) is 0 Å². The summed E-state index contributed by atoms with van der Waals surface area (Å²) in [7, 11) is 0. The summed E-state index contributed by atoms with van der Waals surface area (Å²) in [6.45, 7) is 0. The van der Waals surface area contributed by atoms with Crippen molar-refractivity contribution in [3.8, 4) is 5.69 Å². The van der Waals surface area contributed by atoms with Gasteiger partial charge >= 0.3 is 5.76 Å². The predicted octanol–water partition coefficient (Wildman–Crippen LogP) is 2.08. The largest absolute Gasteiger partial charge is 0.423 e. The van der Waals surface area contributed by atoms with Crippen LogP contribution >= 0.6 is 11.6 Å². The van der Waals surface area contributed by atoms with Gasteiger partial charge in [0.15, 0.2) is 0 Å². The molecule has 2 aromatic rings. The van der Waals surface area contributed by atoms with Crippen molar-refractivity contribution in [2.75, 3.05) is 0 Å². The first-order valence-electron chi connectivity index (χ1n) is 3.69. The van der Waals surface area contributed by atoms with Crippen LogP contribution in [0.15, 0.2) is 45.9 Å². The highest BCUT2D eigenvalue weighted by Crippen LogP contribution is 2.11. The van der Waals surface area contributed by atoms with Crippen molar-refractivity contribution in [3.05, 3.63) is 52.3 Å². The summed E-state index contributed by atoms with van der Waals surface area (Å²) < 4.78 is 6.02. The van der Waals surface area contributed by atoms with Crippen LogP contribution in [0.25, 0.3) is 5.69 Å². The first kappa shape index (κ1) is 8.13. The molecule has 0 fully saturated rings. The molecule has 0 aliphatic carbocycles. The Bertz CT molecular complexity index is 455. The van der Waals surface area contributed by atoms with E-state index in [0.717, 1.165) is 5.69 Å². The third-order valence-electron chi connectivity index (χ3n) is 1.68. The summed E-state index contributed by atoms with van der Waals surface area (Å²) in [5.41, 5.74) is 0.739. The van der Waals surface area contributed by atoms with Crippen LogP contribution < -0.4 is 5.76 Å². The molecule has 0 N–H and O–H groups in total. The van der Waals surface area contributed by atoms with Crippen LogP contribution in [0.4, 0.5) is 0 Å². The van der Waals surface area contributed by atoms with E-state index < -0.39 is 5.76 Å². The molecule has 1 aromatic heterocycles. The maximum absolute atomic E-state index is 11.1. The lowest BCUT2D eigenvalue weighted by Gasteiger charge is -1.98. The quantitative estimate of drug-likeness (QED) is 0.699. The van der Waals surface area contributed by atoms with Crippen LogP contribution in [0.2, 0.25) is 5.02 Å². The normalized spacial score (nSPS) is 10.2. The Kier molecular flexibility index (Phi) is 1.94. The van der Waals surface area contributed by atoms with E-state index in [1.165, 1.54) is 10.8 Å². The fourth-order valence-electron chi connectivity index (χ4n) is 1.06. The number of hydrogen-bond donors (Lipinski definition) is 0. The molecule has 66 valence electrons. The smallest absolute Gasteiger partial charge is 0.416 e. The van der Waals surface area contributed by atoms with Crippen molar-refractivity contribution in [2.45, 2.75) is 0 Å². The first-order chi connectivity index (χ1) is 6.27. The van der Waals surface area contributed by atoms with Gasteiger partial charge in [-0.1, -0.05) is 11.6 Å². The summed E-state index contributed by atoms with van der Waals surface area (Å²) in [5.74, 6) is -0.401. The van der Waals surface area contributed by atoms with Gasteiger partial charge in [-0.25, -0.2) is 9.36 Å². The van der Waals surface area contributed by atoms with E-state index in [2.05, 4.69) is 4.42 Å². The van der Waals surface area contributed by atoms with Crippen molar-refractivity contribution in [1.29, 1.82) is 0 Å². The number of aromatic nitrogens is 1. The number of rotatable bonds is 1. The molecule has 0 saturated heterocycles. The van der Waals surface area contributed by atoms with Crippen molar-refractivity contribution in [2.24, 2.45) is 0 Å². The standard InChI is InChI=1S/C9H6ClNO2/c10-7-1-3-8(4-2-7)11-5-6-13-9(11)12/h1-6H. The number of oxazole rings is 1. The van der Waals surface area contributed by atoms with E-state index in [9.17, 15) is 4.79 Å². The molecule has 0 aliphatic rings. The third kappa shape index (κ3) is 1.51. The van der Waals surface area contributed by atoms with Gasteiger partial charge in [-0.2, -0.15) is 0 Å². The van der Waals surface area contributed by atoms with Crippen LogP contribution in [0.5, 0.6) is 0 Å². The Morgan fingerprint density at radius 2 is 1.92 bits per heavy atom. The molecule has 0 amide bonds. The summed E-state index contributed by atoms with van der Waals surface area (Å²) in [5, 5.41) is 0.639. The van der Waals surface area contributed by atoms with E-state index in [4.69, 9.17) is 11.6 Å². The second-order valence-corrected chi connectivity index (χ2v) is 2.95. The molecule has 13 heavy (non-hydrogen) atoms. The lowest BCUT2D eigenvalue weighted by Crippen LogP contribution is -2.10. The average molecular weight is 196 g/mol. The molecule has 1 aromatic carbocycles. The zero-order valence-electron chi connectivity index (χ0n) is 6.61. The minimum absolute atomic E-state index is 0.401. The number of nitrogens with zero attached hydrogens (tertiary/aromatic N) is 1. The molecule has 0 spiro atoms. The van der Waals surface area contributed by atoms with E-state index in [-0.39, 0.29) is 0 Å². The van der Waals surface area contributed by atoms with Gasteiger partial charge in [0.25, 0.3) is 0 Å². The van der Waals surface area contributed by atoms with Gasteiger partial charge in [-0.15, -0.1) is 0 Å². The van der Waals surface area contributed by atoms with E-state index in [1.54, 1.807) is 30.5 Å². The molecule has 4 heteroatoms. The summed E-state index contributed by atoms with van der Waals surface area (Å²) in [4.78, 5) is 11.1. The highest BCUT2D eigenvalue weighted by Gasteiger charge is 1.99. The molecule has 2 rings (SSSR count). The Morgan fingerprint density at radius 3 is 2.46 bits per heavy atom. The second-order valence-electron chi connectivity index (χ2n) is 2.52. The molecular weight excluding hydrogens is 190 g/mol. The fraction of sp³-hybridized carbons (Fsp3) is 0. The minimum atomic E-state index is -0.401. The van der Waals surface area contributed by atoms with E-state index in [1.807, 2.05) is 0 Å². The molecule has 0 bridgehead atoms. The monoisotopic (exact) mass is 195 g/mol. The van der Waals surface area contributed by atoms with Crippen molar-refractivity contribution < 1.29 is 4.42 Å². The van der Waals surface area contributed by atoms with Gasteiger partial charge in [-0.3, -0.25) is 0 Å². The Balaban J connectivity index is 2.54. The highest BCUT2D eigenvalue weighted by molar-refractivity contribution is 6.30. The molecule has 0 aliphatic heterocycles. The predicted molar refractivity (Wildman–Crippen MR) is 49.3 cm³/mol. The lowest BCUT2D eigenvalue weighted by atomic mass is 10.3. The zero-order valence-corrected chi connectivity index (χ0v) is 7.36. The van der Waals surface area contributed by atoms with E-state index in [0.29, 0.717) is 5.02 Å². The van der Waals surface area contributed by atoms with Gasteiger partial charge in [-0.05, 0) is 24.3 Å². The summed E-state index contributed by atoms with van der Waals surface area (Å²) >= 11 is 5.70. The van der Waals surface area contributed by atoms with Crippen LogP contribution in [0, 0.1) is 0 Å². The van der Waals surface area contributed by atoms with Gasteiger partial charge in [0, 0.05) is 5.02 Å². The molecule has 0 saturated carbocycles. The molecule has 0 unspecified atom stereocenters. The minimum Gasteiger partial charge on any atom is -0.416 e. The fourth-order valence-corrected chi connectivity index (χ4v) is 1.19. The number of benzene rings is 1. The molecule has 3 nitrogen and oxygen atoms in total. The third-order valence-corrected chi connectivity index (χ3v) is 1.93. The van der Waals surface area contributed by atoms with Gasteiger partial charge < -0.3 is 4.42 Å². The van der Waals surface area contributed by atoms with Crippen molar-refractivity contribution in [3.63, 3.8) is 0 Å². The van der Waals surface area contributed by atoms with E-state index >= 15 is 0 Å². The topological polar surface area (TPSA) is 35.1 Å². The Labute approximate surface area is 79.2 Å². The summed E-state index contributed by atoms with van der Waals surface area (Å²) in [6.07, 6.45) is 2.91. The highest BCUT2D eigenvalue weighted by atomic mass is 35.5. The van der Waals surface area contributed by atoms with Crippen LogP contribution in [-0.4, -0.2) is 4.57 Å². The average Bonchev–Trinajstić information content (AvgIpc) is 2.53. The van der Waals surface area contributed by atoms with Crippen molar-refractivity contribution in [1.82, 2.24) is 4.57 Å². The Morgan fingerprint density at radius 1 is 1.23 bits per heavy atom. The molecule has 0 atom stereocenters. The molecular formula is C9H6ClNO2. The zero-order chi connectivity index (χ0) is 9.26. The summed E-state index contributed by atoms with van der Waals surface area (Å²) in [6, 6.07) is 6.94. The van der Waals surface area contributed by atoms with Gasteiger partial charge in [0.05, 0.1) is 11.9 Å². The van der Waals surface area contributed by atoms with Gasteiger partial charge in [0.1, 0.15) is 6.26 Å². The SMILES string of the molecule is O=c1occn1-c1ccc(Cl)cc1. The maximum Gasteiger partial charge on any atom is 0.423 e. The first-order valence-corrected chi connectivity index (χ1v) is 4.07. The number of halogens is 1.